The standard InChI is InChI=1S/C35H42N8O3/c1-21-18-36-10-11-41(21)25-6-7-30(38-19-25)39-27-14-24(20-40(5)33(27)45)26-8-9-37-32(31(26)22(2)44)43-13-12-42-28(34(43)46)15-23-16-35(3,4)17-29(23)42/h6-9,14-15,19-22,36,44H,10-13,16-18H2,1-5H3,(H,38,39)/t21-,22-/m0/s1. The zero-order valence-corrected chi connectivity index (χ0v) is 27.2. The molecule has 0 unspecified atom stereocenters. The first-order chi connectivity index (χ1) is 22.0. The highest BCUT2D eigenvalue weighted by Gasteiger charge is 2.38. The molecule has 3 N–H and O–H groups in total. The van der Waals surface area contributed by atoms with Gasteiger partial charge in [0.15, 0.2) is 0 Å². The second kappa shape index (κ2) is 11.4. The van der Waals surface area contributed by atoms with Crippen molar-refractivity contribution in [1.82, 2.24) is 24.4 Å². The van der Waals surface area contributed by atoms with E-state index in [1.54, 1.807) is 37.3 Å². The number of aryl methyl sites for hydroxylation is 1. The van der Waals surface area contributed by atoms with Crippen molar-refractivity contribution < 1.29 is 9.90 Å². The van der Waals surface area contributed by atoms with Crippen molar-refractivity contribution in [1.29, 1.82) is 0 Å². The van der Waals surface area contributed by atoms with E-state index in [0.29, 0.717) is 58.8 Å². The molecule has 11 heteroatoms. The topological polar surface area (TPSA) is 121 Å². The van der Waals surface area contributed by atoms with Crippen LogP contribution in [-0.4, -0.2) is 62.3 Å². The molecule has 4 aromatic rings. The minimum atomic E-state index is -0.916. The van der Waals surface area contributed by atoms with Gasteiger partial charge in [0.1, 0.15) is 23.0 Å². The number of carbonyl (C=O) groups excluding carboxylic acids is 1. The zero-order chi connectivity index (χ0) is 32.3. The molecule has 2 atom stereocenters. The van der Waals surface area contributed by atoms with Gasteiger partial charge < -0.3 is 29.8 Å². The first-order valence-corrected chi connectivity index (χ1v) is 16.1. The Kier molecular flexibility index (Phi) is 7.48. The van der Waals surface area contributed by atoms with Gasteiger partial charge in [0.2, 0.25) is 0 Å². The van der Waals surface area contributed by atoms with Gasteiger partial charge in [-0.1, -0.05) is 13.8 Å². The van der Waals surface area contributed by atoms with Crippen LogP contribution in [0.25, 0.3) is 11.1 Å². The van der Waals surface area contributed by atoms with Gasteiger partial charge in [-0.3, -0.25) is 14.5 Å². The van der Waals surface area contributed by atoms with Crippen molar-refractivity contribution >= 4 is 28.9 Å². The molecule has 7 rings (SSSR count). The summed E-state index contributed by atoms with van der Waals surface area (Å²) >= 11 is 0. The molecule has 0 saturated carbocycles. The van der Waals surface area contributed by atoms with Gasteiger partial charge >= 0.3 is 0 Å². The summed E-state index contributed by atoms with van der Waals surface area (Å²) in [6, 6.07) is 9.91. The molecule has 6 heterocycles. The van der Waals surface area contributed by atoms with Crippen molar-refractivity contribution in [2.45, 2.75) is 59.2 Å². The number of aromatic nitrogens is 4. The van der Waals surface area contributed by atoms with Gasteiger partial charge in [-0.25, -0.2) is 9.97 Å². The van der Waals surface area contributed by atoms with E-state index in [4.69, 9.17) is 0 Å². The molecular formula is C35H42N8O3. The lowest BCUT2D eigenvalue weighted by Crippen LogP contribution is -2.49. The molecular weight excluding hydrogens is 580 g/mol. The summed E-state index contributed by atoms with van der Waals surface area (Å²) in [4.78, 5) is 40.4. The van der Waals surface area contributed by atoms with Crippen LogP contribution in [0, 0.1) is 5.41 Å². The average Bonchev–Trinajstić information content (AvgIpc) is 3.52. The molecule has 240 valence electrons. The van der Waals surface area contributed by atoms with Gasteiger partial charge in [0.25, 0.3) is 11.5 Å². The quantitative estimate of drug-likeness (QED) is 0.295. The second-order valence-electron chi connectivity index (χ2n) is 13.7. The van der Waals surface area contributed by atoms with Crippen molar-refractivity contribution in [3.63, 3.8) is 0 Å². The average molecular weight is 623 g/mol. The van der Waals surface area contributed by atoms with E-state index in [0.717, 1.165) is 38.2 Å². The molecule has 46 heavy (non-hydrogen) atoms. The summed E-state index contributed by atoms with van der Waals surface area (Å²) in [5.41, 5.74) is 6.54. The van der Waals surface area contributed by atoms with E-state index in [1.165, 1.54) is 15.8 Å². The lowest BCUT2D eigenvalue weighted by Gasteiger charge is -2.35. The molecule has 0 spiro atoms. The Balaban J connectivity index is 1.20. The molecule has 1 fully saturated rings. The summed E-state index contributed by atoms with van der Waals surface area (Å²) in [7, 11) is 1.70. The molecule has 3 aliphatic rings. The van der Waals surface area contributed by atoms with Crippen LogP contribution in [0.3, 0.4) is 0 Å². The van der Waals surface area contributed by atoms with Crippen LogP contribution in [0.5, 0.6) is 0 Å². The number of aliphatic hydroxyl groups is 1. The van der Waals surface area contributed by atoms with Crippen LogP contribution in [0.15, 0.2) is 53.7 Å². The molecule has 11 nitrogen and oxygen atoms in total. The Morgan fingerprint density at radius 1 is 1.09 bits per heavy atom. The fraction of sp³-hybridized carbons (Fsp3) is 0.429. The van der Waals surface area contributed by atoms with E-state index in [2.05, 4.69) is 50.8 Å². The number of nitrogens with one attached hydrogen (secondary N) is 2. The van der Waals surface area contributed by atoms with Crippen molar-refractivity contribution in [3.05, 3.63) is 81.8 Å². The van der Waals surface area contributed by atoms with E-state index >= 15 is 0 Å². The Labute approximate surface area is 268 Å². The molecule has 1 saturated heterocycles. The highest BCUT2D eigenvalue weighted by Crippen LogP contribution is 2.41. The maximum absolute atomic E-state index is 13.9. The minimum Gasteiger partial charge on any atom is -0.389 e. The minimum absolute atomic E-state index is 0.113. The monoisotopic (exact) mass is 622 g/mol. The van der Waals surface area contributed by atoms with Crippen LogP contribution < -0.4 is 26.0 Å². The fourth-order valence-electron chi connectivity index (χ4n) is 7.39. The number of aliphatic hydroxyl groups excluding tert-OH is 1. The highest BCUT2D eigenvalue weighted by molar-refractivity contribution is 6.06. The number of rotatable bonds is 6. The zero-order valence-electron chi connectivity index (χ0n) is 27.2. The number of pyridine rings is 3. The lowest BCUT2D eigenvalue weighted by atomic mass is 9.90. The summed E-state index contributed by atoms with van der Waals surface area (Å²) in [6.45, 7) is 12.3. The normalized spacial score (nSPS) is 19.6. The van der Waals surface area contributed by atoms with Crippen molar-refractivity contribution in [2.24, 2.45) is 12.5 Å². The number of nitrogens with zero attached hydrogens (tertiary/aromatic N) is 6. The van der Waals surface area contributed by atoms with Gasteiger partial charge in [-0.2, -0.15) is 0 Å². The van der Waals surface area contributed by atoms with Gasteiger partial charge in [0, 0.05) is 75.0 Å². The van der Waals surface area contributed by atoms with Crippen LogP contribution >= 0.6 is 0 Å². The van der Waals surface area contributed by atoms with Crippen LogP contribution in [-0.2, 0) is 26.4 Å². The Morgan fingerprint density at radius 3 is 2.65 bits per heavy atom. The Hall–Kier alpha value is -4.48. The van der Waals surface area contributed by atoms with Crippen molar-refractivity contribution in [2.75, 3.05) is 41.3 Å². The highest BCUT2D eigenvalue weighted by atomic mass is 16.3. The van der Waals surface area contributed by atoms with Crippen LogP contribution in [0.1, 0.15) is 61.1 Å². The van der Waals surface area contributed by atoms with Crippen molar-refractivity contribution in [3.8, 4) is 11.1 Å². The van der Waals surface area contributed by atoms with Gasteiger partial charge in [-0.15, -0.1) is 0 Å². The van der Waals surface area contributed by atoms with Gasteiger partial charge in [0.05, 0.1) is 18.0 Å². The third kappa shape index (κ3) is 5.27. The molecule has 1 amide bonds. The summed E-state index contributed by atoms with van der Waals surface area (Å²) in [5.74, 6) is 0.884. The predicted molar refractivity (Wildman–Crippen MR) is 180 cm³/mol. The second-order valence-corrected chi connectivity index (χ2v) is 13.7. The van der Waals surface area contributed by atoms with E-state index < -0.39 is 6.10 Å². The maximum Gasteiger partial charge on any atom is 0.276 e. The number of carbonyl (C=O) groups is 1. The number of fused-ring (bicyclic) bond motifs is 3. The fourth-order valence-corrected chi connectivity index (χ4v) is 7.39. The molecule has 2 aliphatic heterocycles. The smallest absolute Gasteiger partial charge is 0.276 e. The lowest BCUT2D eigenvalue weighted by molar-refractivity contribution is 0.0962. The molecule has 0 aromatic carbocycles. The number of piperazine rings is 1. The van der Waals surface area contributed by atoms with Crippen LogP contribution in [0.2, 0.25) is 0 Å². The van der Waals surface area contributed by atoms with Crippen LogP contribution in [0.4, 0.5) is 23.0 Å². The first kappa shape index (κ1) is 30.2. The first-order valence-electron chi connectivity index (χ1n) is 16.1. The number of amides is 1. The Bertz CT molecular complexity index is 1870. The third-order valence-corrected chi connectivity index (χ3v) is 9.61. The number of hydrogen-bond acceptors (Lipinski definition) is 8. The maximum atomic E-state index is 13.9. The number of hydrogen-bond donors (Lipinski definition) is 3. The van der Waals surface area contributed by atoms with Gasteiger partial charge in [-0.05, 0) is 73.6 Å². The van der Waals surface area contributed by atoms with E-state index in [1.807, 2.05) is 30.5 Å². The molecule has 0 bridgehead atoms. The Morgan fingerprint density at radius 2 is 1.91 bits per heavy atom. The third-order valence-electron chi connectivity index (χ3n) is 9.61. The summed E-state index contributed by atoms with van der Waals surface area (Å²) in [5, 5.41) is 17.7. The molecule has 4 aromatic heterocycles. The molecule has 1 aliphatic carbocycles. The summed E-state index contributed by atoms with van der Waals surface area (Å²) < 4.78 is 3.69. The number of anilines is 4. The molecule has 0 radical (unpaired) electrons. The van der Waals surface area contributed by atoms with E-state index in [9.17, 15) is 14.7 Å². The summed E-state index contributed by atoms with van der Waals surface area (Å²) in [6.07, 6.45) is 6.24. The SMILES string of the molecule is C[C@H](O)c1c(-c2cc(Nc3ccc(N4CCNC[C@@H]4C)cn3)c(=O)n(C)c2)ccnc1N1CCn2c(cc3c2CC(C)(C)C3)C1=O. The predicted octanol–water partition coefficient (Wildman–Crippen LogP) is 4.02. The largest absolute Gasteiger partial charge is 0.389 e. The van der Waals surface area contributed by atoms with E-state index in [-0.39, 0.29) is 16.9 Å².